The Kier molecular flexibility index (Phi) is 7.58. The molecule has 40 heavy (non-hydrogen) atoms. The molecule has 2 aliphatic rings. The topological polar surface area (TPSA) is 87.2 Å². The molecule has 1 fully saturated rings. The van der Waals surface area contributed by atoms with Gasteiger partial charge in [-0.05, 0) is 60.5 Å². The molecule has 1 atom stereocenters. The van der Waals surface area contributed by atoms with Crippen LogP contribution in [0, 0.1) is 0 Å². The maximum atomic E-state index is 13.7. The molecular weight excluding hydrogens is 592 g/mol. The fraction of sp³-hybridized carbons (Fsp3) is 0.296. The molecule has 3 aromatic rings. The van der Waals surface area contributed by atoms with Crippen molar-refractivity contribution in [2.75, 3.05) is 28.8 Å². The summed E-state index contributed by atoms with van der Waals surface area (Å²) in [7, 11) is -4.47. The summed E-state index contributed by atoms with van der Waals surface area (Å²) in [5.74, 6) is -0.839. The van der Waals surface area contributed by atoms with E-state index in [1.165, 1.54) is 0 Å². The largest absolute Gasteiger partial charge is 0.486 e. The third-order valence-corrected chi connectivity index (χ3v) is 9.39. The smallest absolute Gasteiger partial charge is 0.416 e. The monoisotopic (exact) mass is 614 g/mol. The number of fused-ring (bicyclic) bond motifs is 1. The van der Waals surface area contributed by atoms with Crippen molar-refractivity contribution in [2.45, 2.75) is 35.9 Å². The number of hydrogen-bond acceptors (Lipinski definition) is 5. The molecule has 3 aromatic carbocycles. The molecule has 0 amide bonds. The van der Waals surface area contributed by atoms with Gasteiger partial charge in [0.1, 0.15) is 11.9 Å². The number of benzene rings is 3. The molecule has 0 spiro atoms. The minimum absolute atomic E-state index is 0.0114. The van der Waals surface area contributed by atoms with Crippen molar-refractivity contribution in [1.29, 1.82) is 0 Å². The first kappa shape index (κ1) is 28.4. The van der Waals surface area contributed by atoms with Gasteiger partial charge in [0.05, 0.1) is 22.7 Å². The molecule has 1 saturated heterocycles. The Labute approximate surface area is 238 Å². The van der Waals surface area contributed by atoms with E-state index in [1.807, 2.05) is 4.90 Å². The highest BCUT2D eigenvalue weighted by Crippen LogP contribution is 2.44. The van der Waals surface area contributed by atoms with E-state index in [0.717, 1.165) is 28.1 Å². The van der Waals surface area contributed by atoms with Gasteiger partial charge in [-0.1, -0.05) is 35.3 Å². The van der Waals surface area contributed by atoms with Crippen molar-refractivity contribution < 1.29 is 36.2 Å². The van der Waals surface area contributed by atoms with E-state index in [4.69, 9.17) is 33.0 Å². The van der Waals surface area contributed by atoms with Gasteiger partial charge in [0.25, 0.3) is 10.0 Å². The number of hydrogen-bond donors (Lipinski definition) is 1. The molecule has 0 aromatic heterocycles. The number of carbonyl (C=O) groups is 1. The highest BCUT2D eigenvalue weighted by Gasteiger charge is 2.38. The number of alkyl halides is 3. The fourth-order valence-corrected chi connectivity index (χ4v) is 7.14. The Balaban J connectivity index is 1.48. The van der Waals surface area contributed by atoms with Gasteiger partial charge in [0.2, 0.25) is 0 Å². The van der Waals surface area contributed by atoms with Crippen LogP contribution in [0.4, 0.5) is 24.5 Å². The molecule has 212 valence electrons. The summed E-state index contributed by atoms with van der Waals surface area (Å²) in [4.78, 5) is 12.6. The van der Waals surface area contributed by atoms with Crippen LogP contribution in [0.2, 0.25) is 10.0 Å². The van der Waals surface area contributed by atoms with Crippen LogP contribution in [0.1, 0.15) is 29.9 Å². The Morgan fingerprint density at radius 2 is 1.68 bits per heavy atom. The van der Waals surface area contributed by atoms with Gasteiger partial charge in [-0.25, -0.2) is 8.42 Å². The average Bonchev–Trinajstić information content (AvgIpc) is 2.87. The second-order valence-electron chi connectivity index (χ2n) is 9.62. The maximum absolute atomic E-state index is 13.7. The van der Waals surface area contributed by atoms with Crippen LogP contribution < -0.4 is 13.9 Å². The van der Waals surface area contributed by atoms with Gasteiger partial charge in [-0.2, -0.15) is 13.2 Å². The maximum Gasteiger partial charge on any atom is 0.416 e. The van der Waals surface area contributed by atoms with E-state index in [-0.39, 0.29) is 36.7 Å². The average molecular weight is 615 g/mol. The quantitative estimate of drug-likeness (QED) is 0.330. The number of carboxylic acids is 1. The summed E-state index contributed by atoms with van der Waals surface area (Å²) in [5.41, 5.74) is 0.567. The number of sulfonamides is 1. The van der Waals surface area contributed by atoms with Crippen molar-refractivity contribution in [3.8, 4) is 5.75 Å². The van der Waals surface area contributed by atoms with Crippen LogP contribution in [0.25, 0.3) is 0 Å². The van der Waals surface area contributed by atoms with E-state index >= 15 is 0 Å². The second kappa shape index (κ2) is 10.7. The van der Waals surface area contributed by atoms with Gasteiger partial charge >= 0.3 is 12.1 Å². The van der Waals surface area contributed by atoms with Crippen molar-refractivity contribution in [2.24, 2.45) is 0 Å². The number of rotatable bonds is 7. The van der Waals surface area contributed by atoms with Gasteiger partial charge in [-0.15, -0.1) is 0 Å². The number of carboxylic acid groups (broad SMARTS) is 1. The number of ether oxygens (including phenoxy) is 1. The zero-order valence-corrected chi connectivity index (χ0v) is 23.1. The highest BCUT2D eigenvalue weighted by atomic mass is 35.5. The number of aliphatic carboxylic acids is 1. The molecule has 0 saturated carbocycles. The predicted molar refractivity (Wildman–Crippen MR) is 145 cm³/mol. The molecule has 2 heterocycles. The summed E-state index contributed by atoms with van der Waals surface area (Å²) in [5, 5.41) is 10.2. The minimum atomic E-state index is -4.73. The lowest BCUT2D eigenvalue weighted by atomic mass is 9.90. The molecule has 0 bridgehead atoms. The van der Waals surface area contributed by atoms with Gasteiger partial charge in [0.15, 0.2) is 0 Å². The summed E-state index contributed by atoms with van der Waals surface area (Å²) in [6, 6.07) is 13.8. The van der Waals surface area contributed by atoms with Gasteiger partial charge in [-0.3, -0.25) is 9.10 Å². The Morgan fingerprint density at radius 3 is 2.33 bits per heavy atom. The first-order valence-electron chi connectivity index (χ1n) is 12.3. The van der Waals surface area contributed by atoms with E-state index < -0.39 is 38.7 Å². The molecule has 7 nitrogen and oxygen atoms in total. The lowest BCUT2D eigenvalue weighted by molar-refractivity contribution is -0.138. The zero-order chi connectivity index (χ0) is 28.8. The van der Waals surface area contributed by atoms with E-state index in [9.17, 15) is 26.4 Å². The van der Waals surface area contributed by atoms with Crippen LogP contribution in [-0.2, 0) is 21.0 Å². The van der Waals surface area contributed by atoms with Crippen molar-refractivity contribution in [3.05, 3.63) is 81.8 Å². The van der Waals surface area contributed by atoms with Crippen LogP contribution in [0.15, 0.2) is 65.6 Å². The molecular formula is C27H23Cl2F3N2O5S. The standard InChI is InChI=1S/C27H23Cl2F3N2O5S/c28-21-5-2-6-22(29)26(21)16-13-33(14-16)18-7-9-24-23(12-18)34(15-19(39-24)8-10-25(35)36)40(37,38)20-4-1-3-17(11-20)27(30,31)32/h1-7,9,11-12,16,19H,8,10,13-15H2,(H,35,36)/t19-/m0/s1. The normalized spacial score (nSPS) is 17.7. The predicted octanol–water partition coefficient (Wildman–Crippen LogP) is 6.44. The second-order valence-corrected chi connectivity index (χ2v) is 12.3. The Hall–Kier alpha value is -3.15. The van der Waals surface area contributed by atoms with Gasteiger partial charge in [0, 0.05) is 41.2 Å². The summed E-state index contributed by atoms with van der Waals surface area (Å²) in [6.45, 7) is 0.857. The molecule has 13 heteroatoms. The van der Waals surface area contributed by atoms with Gasteiger partial charge < -0.3 is 14.7 Å². The number of anilines is 2. The van der Waals surface area contributed by atoms with E-state index in [0.29, 0.717) is 34.9 Å². The summed E-state index contributed by atoms with van der Waals surface area (Å²) >= 11 is 12.7. The molecule has 0 aliphatic carbocycles. The lowest BCUT2D eigenvalue weighted by Crippen LogP contribution is -2.46. The fourth-order valence-electron chi connectivity index (χ4n) is 4.89. The van der Waals surface area contributed by atoms with Crippen LogP contribution >= 0.6 is 23.2 Å². The van der Waals surface area contributed by atoms with Crippen molar-refractivity contribution in [3.63, 3.8) is 0 Å². The Morgan fingerprint density at radius 1 is 1.00 bits per heavy atom. The molecule has 1 N–H and O–H groups in total. The minimum Gasteiger partial charge on any atom is -0.486 e. The van der Waals surface area contributed by atoms with Crippen LogP contribution in [0.5, 0.6) is 5.75 Å². The van der Waals surface area contributed by atoms with E-state index in [1.54, 1.807) is 36.4 Å². The summed E-state index contributed by atoms with van der Waals surface area (Å²) < 4.78 is 74.5. The third-order valence-electron chi connectivity index (χ3n) is 6.96. The zero-order valence-electron chi connectivity index (χ0n) is 20.7. The van der Waals surface area contributed by atoms with Crippen molar-refractivity contribution in [1.82, 2.24) is 0 Å². The highest BCUT2D eigenvalue weighted by molar-refractivity contribution is 7.92. The molecule has 0 radical (unpaired) electrons. The Bertz CT molecular complexity index is 1540. The van der Waals surface area contributed by atoms with E-state index in [2.05, 4.69) is 0 Å². The SMILES string of the molecule is O=C(O)CC[C@H]1CN(S(=O)(=O)c2cccc(C(F)(F)F)c2)c2cc(N3CC(c4c(Cl)cccc4Cl)C3)ccc2O1. The number of nitrogens with zero attached hydrogens (tertiary/aromatic N) is 2. The molecule has 0 unspecified atom stereocenters. The van der Waals surface area contributed by atoms with Crippen LogP contribution in [0.3, 0.4) is 0 Å². The lowest BCUT2D eigenvalue weighted by Gasteiger charge is -2.43. The molecule has 5 rings (SSSR count). The first-order valence-corrected chi connectivity index (χ1v) is 14.5. The summed E-state index contributed by atoms with van der Waals surface area (Å²) in [6.07, 6.45) is -5.80. The van der Waals surface area contributed by atoms with Crippen molar-refractivity contribution >= 4 is 50.6 Å². The number of halogens is 5. The third kappa shape index (κ3) is 5.55. The molecule has 2 aliphatic heterocycles. The first-order chi connectivity index (χ1) is 18.8. The van der Waals surface area contributed by atoms with Crippen LogP contribution in [-0.4, -0.2) is 45.2 Å².